The summed E-state index contributed by atoms with van der Waals surface area (Å²) in [6.07, 6.45) is 2.27. The van der Waals surface area contributed by atoms with Crippen molar-refractivity contribution >= 4 is 28.5 Å². The number of carbonyl (C=O) groups is 1. The monoisotopic (exact) mass is 388 g/mol. The van der Waals surface area contributed by atoms with E-state index in [0.29, 0.717) is 37.4 Å². The molecule has 4 heterocycles. The molecule has 4 rings (SSSR count). The fraction of sp³-hybridized carbons (Fsp3) is 0.412. The molecule has 1 saturated heterocycles. The van der Waals surface area contributed by atoms with Crippen molar-refractivity contribution in [2.75, 3.05) is 32.8 Å². The Kier molecular flexibility index (Phi) is 5.45. The number of pyridine rings is 1. The van der Waals surface area contributed by atoms with Gasteiger partial charge in [0.25, 0.3) is 0 Å². The Labute approximate surface area is 159 Å². The van der Waals surface area contributed by atoms with Crippen LogP contribution in [0.2, 0.25) is 0 Å². The molecule has 0 saturated carbocycles. The third-order valence-corrected chi connectivity index (χ3v) is 5.15. The Morgan fingerprint density at radius 3 is 3.26 bits per heavy atom. The van der Waals surface area contributed by atoms with Crippen LogP contribution < -0.4 is 10.2 Å². The summed E-state index contributed by atoms with van der Waals surface area (Å²) in [4.78, 5) is 26.5. The van der Waals surface area contributed by atoms with Crippen LogP contribution in [0, 0.1) is 0 Å². The van der Waals surface area contributed by atoms with Crippen LogP contribution in [-0.2, 0) is 11.2 Å². The van der Waals surface area contributed by atoms with Crippen molar-refractivity contribution in [3.05, 3.63) is 40.7 Å². The fourth-order valence-corrected chi connectivity index (χ4v) is 3.56. The van der Waals surface area contributed by atoms with Crippen LogP contribution >= 0.6 is 11.3 Å². The molecule has 1 aliphatic heterocycles. The van der Waals surface area contributed by atoms with Gasteiger partial charge in [0.1, 0.15) is 18.2 Å². The van der Waals surface area contributed by atoms with Gasteiger partial charge in [0, 0.05) is 24.2 Å². The minimum Gasteiger partial charge on any atom is -0.391 e. The molecule has 0 radical (unpaired) electrons. The van der Waals surface area contributed by atoms with Crippen LogP contribution in [0.5, 0.6) is 0 Å². The van der Waals surface area contributed by atoms with E-state index in [2.05, 4.69) is 26.7 Å². The molecule has 2 amide bonds. The second-order valence-corrected chi connectivity index (χ2v) is 7.14. The highest BCUT2D eigenvalue weighted by Crippen LogP contribution is 2.10. The van der Waals surface area contributed by atoms with Gasteiger partial charge >= 0.3 is 6.03 Å². The van der Waals surface area contributed by atoms with E-state index >= 15 is 0 Å². The maximum Gasteiger partial charge on any atom is 0.317 e. The Balaban J connectivity index is 1.25. The highest BCUT2D eigenvalue weighted by molar-refractivity contribution is 7.09. The number of hydrogen-bond acceptors (Lipinski definition) is 7. The highest BCUT2D eigenvalue weighted by atomic mass is 32.1. The van der Waals surface area contributed by atoms with Gasteiger partial charge in [-0.25, -0.2) is 9.78 Å². The number of amides is 2. The topological polar surface area (TPSA) is 94.4 Å². The van der Waals surface area contributed by atoms with Crippen molar-refractivity contribution in [2.24, 2.45) is 0 Å². The van der Waals surface area contributed by atoms with Gasteiger partial charge in [0.15, 0.2) is 0 Å². The lowest BCUT2D eigenvalue weighted by Gasteiger charge is -2.32. The van der Waals surface area contributed by atoms with Gasteiger partial charge in [-0.2, -0.15) is 0 Å². The van der Waals surface area contributed by atoms with Gasteiger partial charge in [-0.1, -0.05) is 10.9 Å². The van der Waals surface area contributed by atoms with Crippen LogP contribution in [-0.4, -0.2) is 70.0 Å². The number of rotatable bonds is 6. The molecule has 1 aliphatic rings. The second-order valence-electron chi connectivity index (χ2n) is 6.10. The molecule has 1 unspecified atom stereocenters. The molecule has 10 heteroatoms. The third kappa shape index (κ3) is 4.34. The molecule has 27 heavy (non-hydrogen) atoms. The average molecular weight is 388 g/mol. The molecule has 1 fully saturated rings. The van der Waals surface area contributed by atoms with Crippen LogP contribution in [0.3, 0.4) is 0 Å². The Hall–Kier alpha value is -2.72. The first-order chi connectivity index (χ1) is 13.3. The number of carbonyl (C=O) groups excluding carboxylic acids is 1. The third-order valence-electron chi connectivity index (χ3n) is 4.22. The van der Waals surface area contributed by atoms with Gasteiger partial charge in [-0.05, 0) is 35.2 Å². The Morgan fingerprint density at radius 1 is 1.41 bits per heavy atom. The molecule has 0 aliphatic carbocycles. The lowest BCUT2D eigenvalue weighted by molar-refractivity contribution is -0.0655. The first-order valence-electron chi connectivity index (χ1n) is 8.76. The number of thiophene rings is 1. The minimum absolute atomic E-state index is 0.0762. The number of hydrogen-bond donors (Lipinski definition) is 1. The van der Waals surface area contributed by atoms with E-state index in [-0.39, 0.29) is 18.7 Å². The lowest BCUT2D eigenvalue weighted by Crippen LogP contribution is -2.51. The number of nitrogens with one attached hydrogen (secondary N) is 1. The van der Waals surface area contributed by atoms with Crippen molar-refractivity contribution in [3.63, 3.8) is 0 Å². The van der Waals surface area contributed by atoms with Gasteiger partial charge in [0.05, 0.1) is 13.2 Å². The van der Waals surface area contributed by atoms with Crippen molar-refractivity contribution in [2.45, 2.75) is 12.5 Å². The first-order valence-corrected chi connectivity index (χ1v) is 9.64. The van der Waals surface area contributed by atoms with Crippen LogP contribution in [0.4, 0.5) is 4.79 Å². The first kappa shape index (κ1) is 17.7. The van der Waals surface area contributed by atoms with E-state index in [1.165, 1.54) is 9.72 Å². The average Bonchev–Trinajstić information content (AvgIpc) is 3.36. The summed E-state index contributed by atoms with van der Waals surface area (Å²) in [5.41, 5.74) is 1.21. The van der Waals surface area contributed by atoms with Gasteiger partial charge in [-0.15, -0.1) is 16.4 Å². The second kappa shape index (κ2) is 8.31. The maximum absolute atomic E-state index is 12.4. The molecule has 3 aromatic heterocycles. The van der Waals surface area contributed by atoms with Crippen molar-refractivity contribution in [3.8, 4) is 0 Å². The summed E-state index contributed by atoms with van der Waals surface area (Å²) >= 11 is 1.70. The summed E-state index contributed by atoms with van der Waals surface area (Å²) in [5.74, 6) is 0. The predicted molar refractivity (Wildman–Crippen MR) is 99.5 cm³/mol. The molecule has 3 aromatic rings. The van der Waals surface area contributed by atoms with Gasteiger partial charge in [-0.3, -0.25) is 0 Å². The number of fused-ring (bicyclic) bond motifs is 1. The quantitative estimate of drug-likeness (QED) is 0.676. The molecule has 9 nitrogen and oxygen atoms in total. The number of morpholine rings is 1. The van der Waals surface area contributed by atoms with Crippen LogP contribution in [0.1, 0.15) is 4.88 Å². The van der Waals surface area contributed by atoms with Crippen LogP contribution in [0.15, 0.2) is 35.8 Å². The van der Waals surface area contributed by atoms with Crippen molar-refractivity contribution < 1.29 is 14.4 Å². The van der Waals surface area contributed by atoms with Crippen LogP contribution in [0.25, 0.3) is 11.2 Å². The maximum atomic E-state index is 12.4. The predicted octanol–water partition coefficient (Wildman–Crippen LogP) is 0.969. The molecular weight excluding hydrogens is 368 g/mol. The van der Waals surface area contributed by atoms with E-state index in [1.807, 2.05) is 17.5 Å². The summed E-state index contributed by atoms with van der Waals surface area (Å²) in [7, 11) is 0. The Bertz CT molecular complexity index is 884. The van der Waals surface area contributed by atoms with Crippen molar-refractivity contribution in [1.29, 1.82) is 0 Å². The van der Waals surface area contributed by atoms with Crippen molar-refractivity contribution in [1.82, 2.24) is 30.4 Å². The fourth-order valence-electron chi connectivity index (χ4n) is 2.85. The SMILES string of the molecule is O=C(NCCc1cccs1)N1CCOC(COn2nnc3cccnc32)C1. The summed E-state index contributed by atoms with van der Waals surface area (Å²) in [5, 5.41) is 12.9. The largest absolute Gasteiger partial charge is 0.391 e. The number of aromatic nitrogens is 4. The van der Waals surface area contributed by atoms with E-state index < -0.39 is 0 Å². The minimum atomic E-state index is -0.232. The highest BCUT2D eigenvalue weighted by Gasteiger charge is 2.25. The summed E-state index contributed by atoms with van der Waals surface area (Å²) < 4.78 is 5.71. The number of ether oxygens (including phenoxy) is 1. The molecule has 0 aromatic carbocycles. The number of nitrogens with zero attached hydrogens (tertiary/aromatic N) is 5. The zero-order chi connectivity index (χ0) is 18.5. The zero-order valence-electron chi connectivity index (χ0n) is 14.7. The van der Waals surface area contributed by atoms with Gasteiger partial charge < -0.3 is 19.8 Å². The molecule has 0 bridgehead atoms. The smallest absolute Gasteiger partial charge is 0.317 e. The lowest BCUT2D eigenvalue weighted by atomic mass is 10.3. The van der Waals surface area contributed by atoms with E-state index in [4.69, 9.17) is 9.57 Å². The van der Waals surface area contributed by atoms with E-state index in [0.717, 1.165) is 6.42 Å². The zero-order valence-corrected chi connectivity index (χ0v) is 15.5. The van der Waals surface area contributed by atoms with E-state index in [9.17, 15) is 4.79 Å². The molecule has 142 valence electrons. The molecule has 0 spiro atoms. The summed E-state index contributed by atoms with van der Waals surface area (Å²) in [6, 6.07) is 7.62. The summed E-state index contributed by atoms with van der Waals surface area (Å²) in [6.45, 7) is 2.38. The van der Waals surface area contributed by atoms with E-state index in [1.54, 1.807) is 28.5 Å². The standard InChI is InChI=1S/C17H20N6O3S/c24-17(19-7-5-14-3-2-10-27-14)22-8-9-25-13(11-22)12-26-23-16-15(20-21-23)4-1-6-18-16/h1-4,6,10,13H,5,7-9,11-12H2,(H,19,24). The Morgan fingerprint density at radius 2 is 2.37 bits per heavy atom. The molecular formula is C17H20N6O3S. The normalized spacial score (nSPS) is 17.2. The molecule has 1 N–H and O–H groups in total. The molecule has 1 atom stereocenters. The van der Waals surface area contributed by atoms with Gasteiger partial charge in [0.2, 0.25) is 5.65 Å². The number of urea groups is 1.